The highest BCUT2D eigenvalue weighted by Gasteiger charge is 2.17. The molecule has 0 radical (unpaired) electrons. The van der Waals surface area contributed by atoms with Crippen LogP contribution in [0, 0.1) is 0 Å². The number of benzene rings is 1. The van der Waals surface area contributed by atoms with Crippen molar-refractivity contribution in [1.29, 1.82) is 0 Å². The lowest BCUT2D eigenvalue weighted by Crippen LogP contribution is -2.32. The zero-order chi connectivity index (χ0) is 12.4. The van der Waals surface area contributed by atoms with Gasteiger partial charge in [0, 0.05) is 16.6 Å². The van der Waals surface area contributed by atoms with Crippen LogP contribution >= 0.6 is 15.9 Å². The van der Waals surface area contributed by atoms with Gasteiger partial charge < -0.3 is 20.5 Å². The largest absolute Gasteiger partial charge is 0.486 e. The fraction of sp³-hybridized carbons (Fsp3) is 0.364. The number of fused-ring (bicyclic) bond motifs is 1. The highest BCUT2D eigenvalue weighted by atomic mass is 79.9. The molecule has 6 heteroatoms. The van der Waals surface area contributed by atoms with Crippen LogP contribution in [0.15, 0.2) is 16.6 Å². The van der Waals surface area contributed by atoms with Crippen molar-refractivity contribution in [3.8, 4) is 11.5 Å². The lowest BCUT2D eigenvalue weighted by atomic mass is 10.2. The molecule has 92 valence electrons. The highest BCUT2D eigenvalue weighted by Crippen LogP contribution is 2.38. The van der Waals surface area contributed by atoms with Crippen LogP contribution in [0.5, 0.6) is 11.5 Å². The second-order valence-electron chi connectivity index (χ2n) is 3.75. The van der Waals surface area contributed by atoms with E-state index in [1.807, 2.05) is 0 Å². The highest BCUT2D eigenvalue weighted by molar-refractivity contribution is 9.10. The van der Waals surface area contributed by atoms with Gasteiger partial charge in [-0.15, -0.1) is 0 Å². The lowest BCUT2D eigenvalue weighted by Gasteiger charge is -2.20. The van der Waals surface area contributed by atoms with Crippen molar-refractivity contribution >= 4 is 27.5 Å². The molecule has 0 saturated heterocycles. The van der Waals surface area contributed by atoms with Gasteiger partial charge in [-0.3, -0.25) is 4.79 Å². The molecule has 0 aliphatic carbocycles. The minimum atomic E-state index is -0.560. The molecule has 1 aromatic rings. The van der Waals surface area contributed by atoms with E-state index in [2.05, 4.69) is 21.2 Å². The molecule has 1 amide bonds. The summed E-state index contributed by atoms with van der Waals surface area (Å²) in [5.74, 6) is 1.05. The van der Waals surface area contributed by atoms with E-state index in [1.165, 1.54) is 0 Å². The number of amides is 1. The number of carbonyl (C=O) groups excluding carboxylic acids is 1. The van der Waals surface area contributed by atoms with Gasteiger partial charge >= 0.3 is 0 Å². The summed E-state index contributed by atoms with van der Waals surface area (Å²) in [6.45, 7) is 2.67. The summed E-state index contributed by atoms with van der Waals surface area (Å²) in [7, 11) is 0. The SMILES string of the molecule is C[C@H](N)C(=O)Nc1cc2c(cc1Br)OCCO2. The van der Waals surface area contributed by atoms with Crippen molar-refractivity contribution < 1.29 is 14.3 Å². The van der Waals surface area contributed by atoms with Crippen molar-refractivity contribution in [2.75, 3.05) is 18.5 Å². The first-order valence-corrected chi connectivity index (χ1v) is 6.03. The first-order valence-electron chi connectivity index (χ1n) is 5.23. The van der Waals surface area contributed by atoms with Crippen molar-refractivity contribution in [1.82, 2.24) is 0 Å². The third-order valence-corrected chi connectivity index (χ3v) is 2.96. The van der Waals surface area contributed by atoms with Gasteiger partial charge in [0.05, 0.1) is 11.7 Å². The fourth-order valence-corrected chi connectivity index (χ4v) is 1.83. The molecule has 0 aromatic heterocycles. The molecular weight excluding hydrogens is 288 g/mol. The number of rotatable bonds is 2. The summed E-state index contributed by atoms with van der Waals surface area (Å²) in [5.41, 5.74) is 6.11. The molecule has 5 nitrogen and oxygen atoms in total. The molecule has 1 aromatic carbocycles. The average Bonchev–Trinajstić information content (AvgIpc) is 2.29. The van der Waals surface area contributed by atoms with E-state index in [-0.39, 0.29) is 5.91 Å². The molecule has 3 N–H and O–H groups in total. The number of ether oxygens (including phenoxy) is 2. The van der Waals surface area contributed by atoms with E-state index < -0.39 is 6.04 Å². The summed E-state index contributed by atoms with van der Waals surface area (Å²) in [4.78, 5) is 11.5. The smallest absolute Gasteiger partial charge is 0.241 e. The first-order chi connectivity index (χ1) is 8.08. The van der Waals surface area contributed by atoms with Crippen LogP contribution in [0.1, 0.15) is 6.92 Å². The van der Waals surface area contributed by atoms with Gasteiger partial charge in [0.25, 0.3) is 0 Å². The van der Waals surface area contributed by atoms with Crippen LogP contribution in [0.2, 0.25) is 0 Å². The number of nitrogens with one attached hydrogen (secondary N) is 1. The third kappa shape index (κ3) is 2.70. The van der Waals surface area contributed by atoms with Crippen LogP contribution < -0.4 is 20.5 Å². The Balaban J connectivity index is 2.26. The Bertz CT molecular complexity index is 449. The summed E-state index contributed by atoms with van der Waals surface area (Å²) < 4.78 is 11.6. The second-order valence-corrected chi connectivity index (χ2v) is 4.61. The predicted molar refractivity (Wildman–Crippen MR) is 67.4 cm³/mol. The Morgan fingerprint density at radius 1 is 1.41 bits per heavy atom. The van der Waals surface area contributed by atoms with E-state index in [0.29, 0.717) is 30.4 Å². The fourth-order valence-electron chi connectivity index (χ4n) is 1.41. The van der Waals surface area contributed by atoms with Crippen molar-refractivity contribution in [2.24, 2.45) is 5.73 Å². The number of anilines is 1. The standard InChI is InChI=1S/C11H13BrN2O3/c1-6(13)11(15)14-8-5-10-9(4-7(8)12)16-2-3-17-10/h4-6H,2-3,13H2,1H3,(H,14,15)/t6-/m0/s1. The molecule has 2 rings (SSSR count). The zero-order valence-electron chi connectivity index (χ0n) is 9.33. The Morgan fingerprint density at radius 2 is 2.00 bits per heavy atom. The van der Waals surface area contributed by atoms with Gasteiger partial charge in [-0.25, -0.2) is 0 Å². The number of nitrogens with two attached hydrogens (primary N) is 1. The van der Waals surface area contributed by atoms with Crippen LogP contribution in [-0.4, -0.2) is 25.2 Å². The van der Waals surface area contributed by atoms with Crippen LogP contribution in [0.4, 0.5) is 5.69 Å². The summed E-state index contributed by atoms with van der Waals surface area (Å²) in [5, 5.41) is 2.71. The van der Waals surface area contributed by atoms with Gasteiger partial charge in [-0.05, 0) is 22.9 Å². The van der Waals surface area contributed by atoms with Crippen LogP contribution in [0.25, 0.3) is 0 Å². The van der Waals surface area contributed by atoms with Crippen molar-refractivity contribution in [3.05, 3.63) is 16.6 Å². The van der Waals surface area contributed by atoms with Crippen LogP contribution in [-0.2, 0) is 4.79 Å². The van der Waals surface area contributed by atoms with E-state index in [0.717, 1.165) is 4.47 Å². The Hall–Kier alpha value is -1.27. The van der Waals surface area contributed by atoms with E-state index >= 15 is 0 Å². The van der Waals surface area contributed by atoms with E-state index in [4.69, 9.17) is 15.2 Å². The van der Waals surface area contributed by atoms with Gasteiger partial charge in [0.15, 0.2) is 11.5 Å². The molecule has 0 fully saturated rings. The Morgan fingerprint density at radius 3 is 2.59 bits per heavy atom. The second kappa shape index (κ2) is 4.93. The zero-order valence-corrected chi connectivity index (χ0v) is 10.9. The van der Waals surface area contributed by atoms with Crippen molar-refractivity contribution in [3.63, 3.8) is 0 Å². The topological polar surface area (TPSA) is 73.6 Å². The van der Waals surface area contributed by atoms with Gasteiger partial charge in [-0.1, -0.05) is 0 Å². The molecule has 0 saturated carbocycles. The van der Waals surface area contributed by atoms with Crippen LogP contribution in [0.3, 0.4) is 0 Å². The van der Waals surface area contributed by atoms with Gasteiger partial charge in [0.1, 0.15) is 13.2 Å². The Kier molecular flexibility index (Phi) is 3.54. The molecule has 1 heterocycles. The Labute approximate surface area is 107 Å². The number of carbonyl (C=O) groups is 1. The predicted octanol–water partition coefficient (Wildman–Crippen LogP) is 1.51. The maximum Gasteiger partial charge on any atom is 0.241 e. The minimum Gasteiger partial charge on any atom is -0.486 e. The number of hydrogen-bond donors (Lipinski definition) is 2. The number of halogens is 1. The maximum atomic E-state index is 11.5. The monoisotopic (exact) mass is 300 g/mol. The molecule has 17 heavy (non-hydrogen) atoms. The lowest BCUT2D eigenvalue weighted by molar-refractivity contribution is -0.117. The summed E-state index contributed by atoms with van der Waals surface area (Å²) in [6, 6.07) is 2.93. The van der Waals surface area contributed by atoms with Gasteiger partial charge in [-0.2, -0.15) is 0 Å². The molecule has 1 atom stereocenters. The van der Waals surface area contributed by atoms with E-state index in [1.54, 1.807) is 19.1 Å². The molecule has 0 bridgehead atoms. The minimum absolute atomic E-state index is 0.248. The van der Waals surface area contributed by atoms with Gasteiger partial charge in [0.2, 0.25) is 5.91 Å². The quantitative estimate of drug-likeness (QED) is 0.868. The molecular formula is C11H13BrN2O3. The third-order valence-electron chi connectivity index (χ3n) is 2.30. The van der Waals surface area contributed by atoms with E-state index in [9.17, 15) is 4.79 Å². The normalized spacial score (nSPS) is 15.2. The summed E-state index contributed by atoms with van der Waals surface area (Å²) >= 11 is 3.36. The maximum absolute atomic E-state index is 11.5. The molecule has 1 aliphatic heterocycles. The molecule has 1 aliphatic rings. The molecule has 0 unspecified atom stereocenters. The first kappa shape index (κ1) is 12.2. The molecule has 0 spiro atoms. The average molecular weight is 301 g/mol. The summed E-state index contributed by atoms with van der Waals surface area (Å²) in [6.07, 6.45) is 0. The number of hydrogen-bond acceptors (Lipinski definition) is 4. The van der Waals surface area contributed by atoms with Crippen molar-refractivity contribution in [2.45, 2.75) is 13.0 Å².